The van der Waals surface area contributed by atoms with Crippen LogP contribution in [0.2, 0.25) is 0 Å². The molecule has 0 bridgehead atoms. The zero-order valence-electron chi connectivity index (χ0n) is 29.0. The zero-order chi connectivity index (χ0) is 33.9. The number of amides is 1. The Kier molecular flexibility index (Phi) is 19.5. The smallest absolute Gasteiger partial charge is 0.294 e. The van der Waals surface area contributed by atoms with Crippen LogP contribution >= 0.6 is 0 Å². The Morgan fingerprint density at radius 1 is 0.778 bits per heavy atom. The first-order valence-corrected chi connectivity index (χ1v) is 15.9. The molecule has 13 heteroatoms. The van der Waals surface area contributed by atoms with E-state index in [4.69, 9.17) is 20.9 Å². The molecule has 0 radical (unpaired) electrons. The number of likely N-dealkylation sites (N-methyl/N-ethyl adjacent to an activating group) is 3. The summed E-state index contributed by atoms with van der Waals surface area (Å²) in [6.07, 6.45) is 1.12. The van der Waals surface area contributed by atoms with Gasteiger partial charge in [0, 0.05) is 110 Å². The van der Waals surface area contributed by atoms with Gasteiger partial charge in [0.25, 0.3) is 6.47 Å². The van der Waals surface area contributed by atoms with E-state index in [1.165, 1.54) is 6.92 Å². The number of nitrogens with zero attached hydrogens (tertiary/aromatic N) is 6. The summed E-state index contributed by atoms with van der Waals surface area (Å²) >= 11 is 0. The van der Waals surface area contributed by atoms with Gasteiger partial charge in [0.1, 0.15) is 6.23 Å². The molecule has 3 aliphatic rings. The van der Waals surface area contributed by atoms with Gasteiger partial charge in [-0.25, -0.2) is 0 Å². The third-order valence-corrected chi connectivity index (χ3v) is 8.23. The summed E-state index contributed by atoms with van der Waals surface area (Å²) in [7, 11) is 8.12. The van der Waals surface area contributed by atoms with Crippen LogP contribution < -0.4 is 11.5 Å². The van der Waals surface area contributed by atoms with Crippen LogP contribution in [-0.2, 0) is 19.1 Å². The number of nitrogens with two attached hydrogens (primary N) is 2. The highest BCUT2D eigenvalue weighted by molar-refractivity contribution is 5.95. The van der Waals surface area contributed by atoms with Crippen LogP contribution in [0.1, 0.15) is 44.5 Å². The van der Waals surface area contributed by atoms with Crippen molar-refractivity contribution >= 4 is 29.5 Å². The van der Waals surface area contributed by atoms with Gasteiger partial charge in [-0.3, -0.25) is 24.2 Å². The maximum atomic E-state index is 10.8. The van der Waals surface area contributed by atoms with Crippen molar-refractivity contribution in [1.82, 2.24) is 29.4 Å². The van der Waals surface area contributed by atoms with Crippen LogP contribution in [0.3, 0.4) is 0 Å². The summed E-state index contributed by atoms with van der Waals surface area (Å²) in [6.45, 7) is 20.3. The quantitative estimate of drug-likeness (QED) is 0.252. The molecular weight excluding hydrogens is 576 g/mol. The maximum absolute atomic E-state index is 10.8. The molecule has 13 nitrogen and oxygen atoms in total. The number of anilines is 2. The van der Waals surface area contributed by atoms with E-state index < -0.39 is 0 Å². The predicted molar refractivity (Wildman–Crippen MR) is 181 cm³/mol. The van der Waals surface area contributed by atoms with Gasteiger partial charge in [-0.05, 0) is 59.6 Å². The van der Waals surface area contributed by atoms with Gasteiger partial charge in [-0.2, -0.15) is 0 Å². The zero-order valence-corrected chi connectivity index (χ0v) is 29.0. The first-order valence-electron chi connectivity index (χ1n) is 15.9. The number of ether oxygens (including phenoxy) is 2. The second-order valence-corrected chi connectivity index (χ2v) is 11.9. The minimum absolute atomic E-state index is 0.0220. The maximum Gasteiger partial charge on any atom is 0.294 e. The summed E-state index contributed by atoms with van der Waals surface area (Å²) in [4.78, 5) is 45.2. The Morgan fingerprint density at radius 2 is 1.20 bits per heavy atom. The second kappa shape index (κ2) is 21.8. The van der Waals surface area contributed by atoms with Crippen molar-refractivity contribution < 1.29 is 23.9 Å². The minimum atomic E-state index is -0.0241. The third-order valence-electron chi connectivity index (χ3n) is 8.23. The summed E-state index contributed by atoms with van der Waals surface area (Å²) < 4.78 is 10.2. The summed E-state index contributed by atoms with van der Waals surface area (Å²) in [5.74, 6) is 0.178. The van der Waals surface area contributed by atoms with E-state index >= 15 is 0 Å². The SMILES string of the molecule is CC(=O)N1CCN(C)CC1.CC(=O)c1cc(N)cc(N)c1.CCC(OC=O)N1CCN(C)CC1.COC(C)N1CCN(C)CC1. The van der Waals surface area contributed by atoms with Gasteiger partial charge in [0.05, 0.1) is 0 Å². The van der Waals surface area contributed by atoms with Gasteiger partial charge in [0.2, 0.25) is 5.91 Å². The van der Waals surface area contributed by atoms with Gasteiger partial charge in [-0.15, -0.1) is 0 Å². The van der Waals surface area contributed by atoms with E-state index in [1.807, 2.05) is 11.8 Å². The van der Waals surface area contributed by atoms with Crippen LogP contribution in [0.4, 0.5) is 11.4 Å². The molecule has 2 atom stereocenters. The molecule has 0 saturated carbocycles. The summed E-state index contributed by atoms with van der Waals surface area (Å²) in [5.41, 5.74) is 12.5. The molecule has 0 aliphatic carbocycles. The fourth-order valence-electron chi connectivity index (χ4n) is 4.95. The first-order chi connectivity index (χ1) is 21.3. The lowest BCUT2D eigenvalue weighted by Gasteiger charge is -2.36. The van der Waals surface area contributed by atoms with Crippen molar-refractivity contribution in [2.75, 3.05) is 118 Å². The Labute approximate surface area is 271 Å². The molecule has 3 heterocycles. The summed E-state index contributed by atoms with van der Waals surface area (Å²) in [6, 6.07) is 4.84. The Hall–Kier alpha value is -2.81. The average molecular weight is 637 g/mol. The van der Waals surface area contributed by atoms with Crippen LogP contribution in [0.25, 0.3) is 0 Å². The third kappa shape index (κ3) is 16.4. The molecule has 0 spiro atoms. The van der Waals surface area contributed by atoms with Crippen molar-refractivity contribution in [3.05, 3.63) is 23.8 Å². The normalized spacial score (nSPS) is 19.8. The first kappa shape index (κ1) is 40.2. The van der Waals surface area contributed by atoms with Crippen LogP contribution in [-0.4, -0.2) is 167 Å². The number of ketones is 1. The number of hydrogen-bond acceptors (Lipinski definition) is 12. The monoisotopic (exact) mass is 636 g/mol. The predicted octanol–water partition coefficient (Wildman–Crippen LogP) is 1.20. The highest BCUT2D eigenvalue weighted by Crippen LogP contribution is 2.13. The van der Waals surface area contributed by atoms with Crippen molar-refractivity contribution in [3.63, 3.8) is 0 Å². The molecule has 3 saturated heterocycles. The lowest BCUT2D eigenvalue weighted by molar-refractivity contribution is -0.145. The lowest BCUT2D eigenvalue weighted by Crippen LogP contribution is -2.49. The molecule has 0 aromatic heterocycles. The molecule has 1 aromatic rings. The van der Waals surface area contributed by atoms with Gasteiger partial charge in [-0.1, -0.05) is 6.92 Å². The molecule has 258 valence electrons. The van der Waals surface area contributed by atoms with E-state index in [0.717, 1.165) is 85.0 Å². The molecule has 1 amide bonds. The number of hydrogen-bond donors (Lipinski definition) is 2. The fourth-order valence-corrected chi connectivity index (χ4v) is 4.95. The number of methoxy groups -OCH3 is 1. The van der Waals surface area contributed by atoms with E-state index in [2.05, 4.69) is 52.6 Å². The largest absolute Gasteiger partial charge is 0.449 e. The highest BCUT2D eigenvalue weighted by Gasteiger charge is 2.21. The fraction of sp³-hybridized carbons (Fsp3) is 0.719. The van der Waals surface area contributed by atoms with Crippen molar-refractivity contribution in [2.24, 2.45) is 0 Å². The molecule has 45 heavy (non-hydrogen) atoms. The number of rotatable bonds is 7. The molecule has 3 aliphatic heterocycles. The van der Waals surface area contributed by atoms with Crippen molar-refractivity contribution in [3.8, 4) is 0 Å². The lowest BCUT2D eigenvalue weighted by atomic mass is 10.1. The average Bonchev–Trinajstić information content (AvgIpc) is 3.01. The minimum Gasteiger partial charge on any atom is -0.449 e. The van der Waals surface area contributed by atoms with Crippen LogP contribution in [0, 0.1) is 0 Å². The summed E-state index contributed by atoms with van der Waals surface area (Å²) in [5, 5.41) is 0. The van der Waals surface area contributed by atoms with E-state index in [9.17, 15) is 14.4 Å². The number of carbonyl (C=O) groups excluding carboxylic acids is 3. The van der Waals surface area contributed by atoms with Crippen molar-refractivity contribution in [1.29, 1.82) is 0 Å². The number of Topliss-reactive ketones (excluding diaryl/α,β-unsaturated/α-hetero) is 1. The van der Waals surface area contributed by atoms with Crippen LogP contribution in [0.5, 0.6) is 0 Å². The van der Waals surface area contributed by atoms with Gasteiger partial charge >= 0.3 is 0 Å². The number of carbonyl (C=O) groups is 3. The molecule has 4 N–H and O–H groups in total. The van der Waals surface area contributed by atoms with E-state index in [0.29, 0.717) is 23.4 Å². The molecule has 2 unspecified atom stereocenters. The van der Waals surface area contributed by atoms with Gasteiger partial charge < -0.3 is 40.5 Å². The topological polar surface area (TPSA) is 141 Å². The Morgan fingerprint density at radius 3 is 1.56 bits per heavy atom. The molecule has 1 aromatic carbocycles. The second-order valence-electron chi connectivity index (χ2n) is 11.9. The molecule has 3 fully saturated rings. The Bertz CT molecular complexity index is 972. The van der Waals surface area contributed by atoms with Crippen LogP contribution in [0.15, 0.2) is 18.2 Å². The number of benzene rings is 1. The Balaban J connectivity index is 0.000000301. The highest BCUT2D eigenvalue weighted by atomic mass is 16.5. The number of nitrogen functional groups attached to an aromatic ring is 2. The number of piperazine rings is 3. The van der Waals surface area contributed by atoms with Gasteiger partial charge in [0.15, 0.2) is 12.0 Å². The van der Waals surface area contributed by atoms with E-state index in [1.54, 1.807) is 32.2 Å². The molecule has 4 rings (SSSR count). The standard InChI is InChI=1S/C9H18N2O2.C8H18N2O.C8H10N2O.C7H14N2O/c1-3-9(13-8-12)11-6-4-10(2)5-7-11;1-8(11-3)10-6-4-9(2)5-7-10;1-5(11)6-2-7(9)4-8(10)3-6;1-7(10)9-5-3-8(2)4-6-9/h8-9H,3-7H2,1-2H3;8H,4-7H2,1-3H3;2-4H,9-10H2,1H3;3-6H2,1-2H3. The van der Waals surface area contributed by atoms with Crippen molar-refractivity contribution in [2.45, 2.75) is 46.6 Å². The van der Waals surface area contributed by atoms with E-state index in [-0.39, 0.29) is 24.1 Å². The molecular formula is C32H60N8O5.